The lowest BCUT2D eigenvalue weighted by Gasteiger charge is -2.31. The molecule has 0 radical (unpaired) electrons. The van der Waals surface area contributed by atoms with Gasteiger partial charge in [0.05, 0.1) is 13.7 Å². The Balaban J connectivity index is 1.26. The highest BCUT2D eigenvalue weighted by Gasteiger charge is 2.24. The van der Waals surface area contributed by atoms with Crippen LogP contribution in [-0.4, -0.2) is 37.8 Å². The van der Waals surface area contributed by atoms with Crippen molar-refractivity contribution >= 4 is 0 Å². The largest absolute Gasteiger partial charge is 0.493 e. The molecule has 2 aliphatic heterocycles. The Morgan fingerprint density at radius 1 is 1.00 bits per heavy atom. The van der Waals surface area contributed by atoms with Crippen LogP contribution in [0.2, 0.25) is 0 Å². The zero-order chi connectivity index (χ0) is 18.5. The third-order valence-electron chi connectivity index (χ3n) is 5.46. The Hall–Kier alpha value is -1.98. The van der Waals surface area contributed by atoms with Crippen molar-refractivity contribution in [1.82, 2.24) is 4.90 Å². The Labute approximate surface area is 161 Å². The number of hydrogen-bond donors (Lipinski definition) is 0. The molecular weight excluding hydrogens is 342 g/mol. The molecule has 1 aromatic heterocycles. The Morgan fingerprint density at radius 3 is 2.56 bits per heavy atom. The van der Waals surface area contributed by atoms with Gasteiger partial charge >= 0.3 is 0 Å². The summed E-state index contributed by atoms with van der Waals surface area (Å²) in [4.78, 5) is 2.44. The van der Waals surface area contributed by atoms with E-state index in [1.54, 1.807) is 7.11 Å². The molecule has 2 aliphatic rings. The van der Waals surface area contributed by atoms with Crippen molar-refractivity contribution in [3.63, 3.8) is 0 Å². The number of piperidine rings is 1. The first-order valence-electron chi connectivity index (χ1n) is 10.0. The van der Waals surface area contributed by atoms with Crippen molar-refractivity contribution < 1.29 is 18.6 Å². The molecule has 27 heavy (non-hydrogen) atoms. The van der Waals surface area contributed by atoms with Crippen LogP contribution >= 0.6 is 0 Å². The minimum atomic E-state index is 0.146. The predicted octanol–water partition coefficient (Wildman–Crippen LogP) is 4.57. The standard InChI is InChI=1S/C22H29NO4/c1-24-19-6-2-3-8-21(19)26-17-11-13-23(14-12-17)16-18-9-10-22(27-18)20-7-4-5-15-25-20/h2-3,6,8-10,17,20H,4-5,7,11-16H2,1H3/t20-/m0/s1. The van der Waals surface area contributed by atoms with Crippen molar-refractivity contribution in [2.75, 3.05) is 26.8 Å². The summed E-state index contributed by atoms with van der Waals surface area (Å²) in [7, 11) is 1.68. The first kappa shape index (κ1) is 18.4. The van der Waals surface area contributed by atoms with E-state index in [-0.39, 0.29) is 12.2 Å². The van der Waals surface area contributed by atoms with Crippen LogP contribution in [0.3, 0.4) is 0 Å². The van der Waals surface area contributed by atoms with Crippen molar-refractivity contribution in [3.05, 3.63) is 47.9 Å². The highest BCUT2D eigenvalue weighted by molar-refractivity contribution is 5.39. The van der Waals surface area contributed by atoms with Crippen LogP contribution in [-0.2, 0) is 11.3 Å². The second kappa shape index (κ2) is 8.81. The minimum Gasteiger partial charge on any atom is -0.493 e. The van der Waals surface area contributed by atoms with E-state index < -0.39 is 0 Å². The maximum Gasteiger partial charge on any atom is 0.161 e. The number of nitrogens with zero attached hydrogens (tertiary/aromatic N) is 1. The normalized spacial score (nSPS) is 21.9. The Kier molecular flexibility index (Phi) is 6.00. The molecule has 2 fully saturated rings. The molecule has 4 rings (SSSR count). The Bertz CT molecular complexity index is 715. The van der Waals surface area contributed by atoms with Crippen LogP contribution in [0, 0.1) is 0 Å². The third kappa shape index (κ3) is 4.66. The average Bonchev–Trinajstić information content (AvgIpc) is 3.19. The van der Waals surface area contributed by atoms with Gasteiger partial charge in [-0.3, -0.25) is 4.90 Å². The monoisotopic (exact) mass is 371 g/mol. The lowest BCUT2D eigenvalue weighted by molar-refractivity contribution is 0.000601. The van der Waals surface area contributed by atoms with E-state index in [0.29, 0.717) is 0 Å². The maximum atomic E-state index is 6.17. The van der Waals surface area contributed by atoms with Gasteiger partial charge in [0.25, 0.3) is 0 Å². The van der Waals surface area contributed by atoms with Crippen LogP contribution in [0.5, 0.6) is 11.5 Å². The van der Waals surface area contributed by atoms with Crippen LogP contribution in [0.15, 0.2) is 40.8 Å². The number of hydrogen-bond acceptors (Lipinski definition) is 5. The van der Waals surface area contributed by atoms with Crippen LogP contribution in [0.25, 0.3) is 0 Å². The van der Waals surface area contributed by atoms with Gasteiger partial charge in [-0.25, -0.2) is 0 Å². The summed E-state index contributed by atoms with van der Waals surface area (Å²) in [5.41, 5.74) is 0. The highest BCUT2D eigenvalue weighted by Crippen LogP contribution is 2.31. The van der Waals surface area contributed by atoms with Crippen molar-refractivity contribution in [2.45, 2.75) is 50.9 Å². The second-order valence-electron chi connectivity index (χ2n) is 7.40. The van der Waals surface area contributed by atoms with Gasteiger partial charge in [-0.15, -0.1) is 0 Å². The number of methoxy groups -OCH3 is 1. The van der Waals surface area contributed by atoms with Crippen molar-refractivity contribution in [1.29, 1.82) is 0 Å². The van der Waals surface area contributed by atoms with E-state index in [4.69, 9.17) is 18.6 Å². The predicted molar refractivity (Wildman–Crippen MR) is 103 cm³/mol. The lowest BCUT2D eigenvalue weighted by atomic mass is 10.1. The summed E-state index contributed by atoms with van der Waals surface area (Å²) in [6, 6.07) is 12.0. The average molecular weight is 371 g/mol. The van der Waals surface area contributed by atoms with Gasteiger partial charge in [0.2, 0.25) is 0 Å². The third-order valence-corrected chi connectivity index (χ3v) is 5.46. The van der Waals surface area contributed by atoms with E-state index in [1.807, 2.05) is 24.3 Å². The zero-order valence-corrected chi connectivity index (χ0v) is 16.1. The first-order chi connectivity index (χ1) is 13.3. The van der Waals surface area contributed by atoms with Crippen LogP contribution < -0.4 is 9.47 Å². The summed E-state index contributed by atoms with van der Waals surface area (Å²) in [6.07, 6.45) is 5.86. The van der Waals surface area contributed by atoms with Gasteiger partial charge in [-0.05, 0) is 56.4 Å². The number of para-hydroxylation sites is 2. The maximum absolute atomic E-state index is 6.17. The van der Waals surface area contributed by atoms with Gasteiger partial charge < -0.3 is 18.6 Å². The van der Waals surface area contributed by atoms with Crippen LogP contribution in [0.1, 0.15) is 49.7 Å². The number of benzene rings is 1. The fraction of sp³-hybridized carbons (Fsp3) is 0.545. The fourth-order valence-electron chi connectivity index (χ4n) is 3.92. The van der Waals surface area contributed by atoms with Gasteiger partial charge in [0.1, 0.15) is 23.7 Å². The summed E-state index contributed by atoms with van der Waals surface area (Å²) < 4.78 is 23.4. The minimum absolute atomic E-state index is 0.146. The smallest absolute Gasteiger partial charge is 0.161 e. The Morgan fingerprint density at radius 2 is 1.81 bits per heavy atom. The zero-order valence-electron chi connectivity index (χ0n) is 16.1. The molecule has 1 aromatic carbocycles. The molecule has 3 heterocycles. The molecule has 0 saturated carbocycles. The number of ether oxygens (including phenoxy) is 3. The number of rotatable bonds is 6. The van der Waals surface area contributed by atoms with Crippen molar-refractivity contribution in [3.8, 4) is 11.5 Å². The second-order valence-corrected chi connectivity index (χ2v) is 7.40. The highest BCUT2D eigenvalue weighted by atomic mass is 16.5. The van der Waals surface area contributed by atoms with Gasteiger partial charge in [0.15, 0.2) is 11.5 Å². The molecule has 0 unspecified atom stereocenters. The number of likely N-dealkylation sites (tertiary alicyclic amines) is 1. The van der Waals surface area contributed by atoms with Gasteiger partial charge in [-0.1, -0.05) is 12.1 Å². The lowest BCUT2D eigenvalue weighted by Crippen LogP contribution is -2.37. The molecule has 0 aliphatic carbocycles. The quantitative estimate of drug-likeness (QED) is 0.744. The van der Waals surface area contributed by atoms with Gasteiger partial charge in [0, 0.05) is 19.7 Å². The molecule has 5 nitrogen and oxygen atoms in total. The van der Waals surface area contributed by atoms with Gasteiger partial charge in [-0.2, -0.15) is 0 Å². The van der Waals surface area contributed by atoms with E-state index in [2.05, 4.69) is 17.0 Å². The summed E-state index contributed by atoms with van der Waals surface area (Å²) in [5, 5.41) is 0. The van der Waals surface area contributed by atoms with E-state index in [1.165, 1.54) is 6.42 Å². The topological polar surface area (TPSA) is 44.1 Å². The molecule has 5 heteroatoms. The molecule has 2 aromatic rings. The molecular formula is C22H29NO4. The first-order valence-corrected chi connectivity index (χ1v) is 10.0. The summed E-state index contributed by atoms with van der Waals surface area (Å²) in [5.74, 6) is 3.65. The van der Waals surface area contributed by atoms with E-state index >= 15 is 0 Å². The van der Waals surface area contributed by atoms with Crippen molar-refractivity contribution in [2.24, 2.45) is 0 Å². The van der Waals surface area contributed by atoms with Crippen LogP contribution in [0.4, 0.5) is 0 Å². The number of furan rings is 1. The summed E-state index contributed by atoms with van der Waals surface area (Å²) in [6.45, 7) is 3.72. The SMILES string of the molecule is COc1ccccc1OC1CCN(Cc2ccc([C@@H]3CCCCO3)o2)CC1. The van der Waals surface area contributed by atoms with E-state index in [0.717, 1.165) is 74.9 Å². The molecule has 1 atom stereocenters. The molecule has 0 bridgehead atoms. The van der Waals surface area contributed by atoms with E-state index in [9.17, 15) is 0 Å². The molecule has 0 spiro atoms. The molecule has 146 valence electrons. The molecule has 0 amide bonds. The summed E-state index contributed by atoms with van der Waals surface area (Å²) >= 11 is 0. The molecule has 2 saturated heterocycles. The fourth-order valence-corrected chi connectivity index (χ4v) is 3.92. The molecule has 0 N–H and O–H groups in total.